The third kappa shape index (κ3) is 1.64. The van der Waals surface area contributed by atoms with Crippen molar-refractivity contribution in [3.63, 3.8) is 0 Å². The number of nitrogens with two attached hydrogens (primary N) is 1. The summed E-state index contributed by atoms with van der Waals surface area (Å²) < 4.78 is 0. The van der Waals surface area contributed by atoms with Crippen molar-refractivity contribution in [1.29, 1.82) is 0 Å². The van der Waals surface area contributed by atoms with Crippen molar-refractivity contribution in [2.45, 2.75) is 38.1 Å². The second-order valence-electron chi connectivity index (χ2n) is 4.35. The summed E-state index contributed by atoms with van der Waals surface area (Å²) in [5.41, 5.74) is 6.15. The van der Waals surface area contributed by atoms with Gasteiger partial charge in [0.2, 0.25) is 0 Å². The summed E-state index contributed by atoms with van der Waals surface area (Å²) in [5, 5.41) is 3.43. The molecule has 0 amide bonds. The number of rotatable bonds is 1. The van der Waals surface area contributed by atoms with Gasteiger partial charge in [-0.2, -0.15) is 0 Å². The van der Waals surface area contributed by atoms with E-state index in [0.29, 0.717) is 6.04 Å². The molecule has 0 spiro atoms. The molecule has 3 N–H and O–H groups in total. The second-order valence-corrected chi connectivity index (χ2v) is 4.35. The minimum absolute atomic E-state index is 0.477. The Balaban J connectivity index is 1.90. The number of hydrogen-bond acceptors (Lipinski definition) is 2. The second kappa shape index (κ2) is 3.75. The van der Waals surface area contributed by atoms with Crippen LogP contribution in [0.1, 0.15) is 32.1 Å². The van der Waals surface area contributed by atoms with Crippen molar-refractivity contribution in [2.75, 3.05) is 13.1 Å². The van der Waals surface area contributed by atoms with Gasteiger partial charge in [-0.25, -0.2) is 0 Å². The van der Waals surface area contributed by atoms with Gasteiger partial charge in [0, 0.05) is 6.04 Å². The highest BCUT2D eigenvalue weighted by Gasteiger charge is 2.31. The zero-order valence-corrected chi connectivity index (χ0v) is 7.76. The summed E-state index contributed by atoms with van der Waals surface area (Å²) in [7, 11) is 0. The maximum atomic E-state index is 6.15. The lowest BCUT2D eigenvalue weighted by molar-refractivity contribution is 0.172. The van der Waals surface area contributed by atoms with Gasteiger partial charge in [0.05, 0.1) is 0 Å². The molecule has 1 aliphatic carbocycles. The maximum Gasteiger partial charge on any atom is 0.00823 e. The fraction of sp³-hybridized carbons (Fsp3) is 1.00. The fourth-order valence-corrected chi connectivity index (χ4v) is 2.54. The van der Waals surface area contributed by atoms with Gasteiger partial charge in [-0.3, -0.25) is 0 Å². The van der Waals surface area contributed by atoms with Crippen LogP contribution in [0, 0.1) is 11.8 Å². The minimum atomic E-state index is 0.477. The van der Waals surface area contributed by atoms with E-state index in [9.17, 15) is 0 Å². The molecule has 2 heteroatoms. The molecule has 1 aliphatic heterocycles. The van der Waals surface area contributed by atoms with Crippen molar-refractivity contribution >= 4 is 0 Å². The first-order valence-electron chi connectivity index (χ1n) is 5.34. The lowest BCUT2D eigenvalue weighted by Gasteiger charge is -2.36. The third-order valence-electron chi connectivity index (χ3n) is 3.61. The average Bonchev–Trinajstić information content (AvgIpc) is 2.13. The van der Waals surface area contributed by atoms with Crippen molar-refractivity contribution in [1.82, 2.24) is 5.32 Å². The molecule has 2 atom stereocenters. The molecule has 0 bridgehead atoms. The molecule has 1 heterocycles. The molecule has 2 fully saturated rings. The van der Waals surface area contributed by atoms with E-state index in [1.54, 1.807) is 0 Å². The SMILES string of the molecule is NC1CCNCCC1C1CCC1. The van der Waals surface area contributed by atoms with Crippen LogP contribution in [0.2, 0.25) is 0 Å². The van der Waals surface area contributed by atoms with E-state index in [0.717, 1.165) is 18.4 Å². The van der Waals surface area contributed by atoms with Gasteiger partial charge in [-0.05, 0) is 37.8 Å². The quantitative estimate of drug-likeness (QED) is 0.615. The minimum Gasteiger partial charge on any atom is -0.327 e. The van der Waals surface area contributed by atoms with Crippen LogP contribution in [-0.2, 0) is 0 Å². The molecular formula is C10H20N2. The lowest BCUT2D eigenvalue weighted by atomic mass is 9.71. The van der Waals surface area contributed by atoms with Crippen molar-refractivity contribution < 1.29 is 0 Å². The van der Waals surface area contributed by atoms with E-state index in [4.69, 9.17) is 5.73 Å². The zero-order valence-electron chi connectivity index (χ0n) is 7.76. The van der Waals surface area contributed by atoms with Gasteiger partial charge in [0.25, 0.3) is 0 Å². The standard InChI is InChI=1S/C10H20N2/c11-10-5-7-12-6-4-9(10)8-2-1-3-8/h8-10,12H,1-7,11H2. The Morgan fingerprint density at radius 2 is 1.75 bits per heavy atom. The fourth-order valence-electron chi connectivity index (χ4n) is 2.54. The van der Waals surface area contributed by atoms with Crippen LogP contribution in [0.15, 0.2) is 0 Å². The maximum absolute atomic E-state index is 6.15. The van der Waals surface area contributed by atoms with Crippen molar-refractivity contribution in [3.8, 4) is 0 Å². The van der Waals surface area contributed by atoms with Crippen LogP contribution in [0.4, 0.5) is 0 Å². The Kier molecular flexibility index (Phi) is 2.66. The summed E-state index contributed by atoms with van der Waals surface area (Å²) in [6.45, 7) is 2.32. The van der Waals surface area contributed by atoms with E-state index in [1.165, 1.54) is 38.6 Å². The van der Waals surface area contributed by atoms with Gasteiger partial charge < -0.3 is 11.1 Å². The summed E-state index contributed by atoms with van der Waals surface area (Å²) >= 11 is 0. The normalized spacial score (nSPS) is 38.8. The largest absolute Gasteiger partial charge is 0.327 e. The Labute approximate surface area is 74.9 Å². The zero-order chi connectivity index (χ0) is 8.39. The van der Waals surface area contributed by atoms with E-state index in [-0.39, 0.29) is 0 Å². The van der Waals surface area contributed by atoms with Gasteiger partial charge >= 0.3 is 0 Å². The number of hydrogen-bond donors (Lipinski definition) is 2. The summed E-state index contributed by atoms with van der Waals surface area (Å²) in [5.74, 6) is 1.80. The average molecular weight is 168 g/mol. The van der Waals surface area contributed by atoms with Crippen molar-refractivity contribution in [3.05, 3.63) is 0 Å². The smallest absolute Gasteiger partial charge is 0.00823 e. The van der Waals surface area contributed by atoms with E-state index in [2.05, 4.69) is 5.32 Å². The molecule has 0 aromatic heterocycles. The molecule has 2 rings (SSSR count). The first-order valence-corrected chi connectivity index (χ1v) is 5.34. The van der Waals surface area contributed by atoms with Crippen LogP contribution in [0.3, 0.4) is 0 Å². The molecular weight excluding hydrogens is 148 g/mol. The molecule has 0 aromatic carbocycles. The van der Waals surface area contributed by atoms with Crippen LogP contribution in [0.5, 0.6) is 0 Å². The Morgan fingerprint density at radius 3 is 2.42 bits per heavy atom. The first kappa shape index (κ1) is 8.52. The van der Waals surface area contributed by atoms with Gasteiger partial charge in [-0.15, -0.1) is 0 Å². The van der Waals surface area contributed by atoms with Crippen LogP contribution in [-0.4, -0.2) is 19.1 Å². The third-order valence-corrected chi connectivity index (χ3v) is 3.61. The molecule has 2 aliphatic rings. The summed E-state index contributed by atoms with van der Waals surface area (Å²) in [6, 6.07) is 0.477. The molecule has 2 nitrogen and oxygen atoms in total. The monoisotopic (exact) mass is 168 g/mol. The predicted molar refractivity (Wildman–Crippen MR) is 50.9 cm³/mol. The highest BCUT2D eigenvalue weighted by atomic mass is 14.9. The Morgan fingerprint density at radius 1 is 1.00 bits per heavy atom. The number of nitrogens with one attached hydrogen (secondary N) is 1. The molecule has 12 heavy (non-hydrogen) atoms. The molecule has 1 saturated carbocycles. The van der Waals surface area contributed by atoms with E-state index in [1.807, 2.05) is 0 Å². The Bertz CT molecular complexity index is 143. The highest BCUT2D eigenvalue weighted by Crippen LogP contribution is 2.37. The van der Waals surface area contributed by atoms with E-state index < -0.39 is 0 Å². The predicted octanol–water partition coefficient (Wildman–Crippen LogP) is 1.11. The lowest BCUT2D eigenvalue weighted by Crippen LogP contribution is -2.37. The molecule has 0 aromatic rings. The first-order chi connectivity index (χ1) is 5.88. The highest BCUT2D eigenvalue weighted by molar-refractivity contribution is 4.86. The van der Waals surface area contributed by atoms with Crippen LogP contribution < -0.4 is 11.1 Å². The molecule has 0 radical (unpaired) electrons. The van der Waals surface area contributed by atoms with Gasteiger partial charge in [0.15, 0.2) is 0 Å². The van der Waals surface area contributed by atoms with Crippen LogP contribution in [0.25, 0.3) is 0 Å². The molecule has 1 saturated heterocycles. The summed E-state index contributed by atoms with van der Waals surface area (Å²) in [4.78, 5) is 0. The van der Waals surface area contributed by atoms with Crippen LogP contribution >= 0.6 is 0 Å². The topological polar surface area (TPSA) is 38.0 Å². The van der Waals surface area contributed by atoms with E-state index >= 15 is 0 Å². The Hall–Kier alpha value is -0.0800. The van der Waals surface area contributed by atoms with Gasteiger partial charge in [0.1, 0.15) is 0 Å². The summed E-state index contributed by atoms with van der Waals surface area (Å²) in [6.07, 6.45) is 6.82. The van der Waals surface area contributed by atoms with Crippen molar-refractivity contribution in [2.24, 2.45) is 17.6 Å². The van der Waals surface area contributed by atoms with Gasteiger partial charge in [-0.1, -0.05) is 19.3 Å². The molecule has 70 valence electrons. The molecule has 2 unspecified atom stereocenters.